The van der Waals surface area contributed by atoms with Crippen molar-refractivity contribution >= 4 is 34.8 Å². The van der Waals surface area contributed by atoms with Gasteiger partial charge in [-0.15, -0.1) is 0 Å². The summed E-state index contributed by atoms with van der Waals surface area (Å²) in [6.07, 6.45) is 0. The summed E-state index contributed by atoms with van der Waals surface area (Å²) in [5, 5.41) is 0. The molecular weight excluding hydrogens is 435 g/mol. The number of carbonyl (C=O) groups is 4. The zero-order chi connectivity index (χ0) is 24.1. The fourth-order valence-electron chi connectivity index (χ4n) is 5.09. The van der Waals surface area contributed by atoms with Crippen LogP contribution in [0.1, 0.15) is 32.2 Å². The van der Waals surface area contributed by atoms with Crippen molar-refractivity contribution in [1.82, 2.24) is 0 Å². The van der Waals surface area contributed by atoms with Crippen molar-refractivity contribution < 1.29 is 23.6 Å². The summed E-state index contributed by atoms with van der Waals surface area (Å²) >= 11 is 0. The van der Waals surface area contributed by atoms with Crippen molar-refractivity contribution in [3.63, 3.8) is 0 Å². The molecule has 0 spiro atoms. The molecule has 2 amide bonds. The highest BCUT2D eigenvalue weighted by Gasteiger charge is 2.52. The van der Waals surface area contributed by atoms with Crippen molar-refractivity contribution in [1.29, 1.82) is 0 Å². The van der Waals surface area contributed by atoms with Gasteiger partial charge in [-0.2, -0.15) is 0 Å². The van der Waals surface area contributed by atoms with E-state index < -0.39 is 47.0 Å². The molecule has 0 bridgehead atoms. The van der Waals surface area contributed by atoms with E-state index in [1.54, 1.807) is 68.7 Å². The number of hydrogen-bond donors (Lipinski definition) is 0. The van der Waals surface area contributed by atoms with Gasteiger partial charge in [0.25, 0.3) is 0 Å². The lowest BCUT2D eigenvalue weighted by Gasteiger charge is -2.40. The minimum atomic E-state index is -1.36. The van der Waals surface area contributed by atoms with E-state index in [1.807, 2.05) is 0 Å². The van der Waals surface area contributed by atoms with Crippen molar-refractivity contribution in [2.45, 2.75) is 5.92 Å². The lowest BCUT2D eigenvalue weighted by atomic mass is 9.68. The predicted molar refractivity (Wildman–Crippen MR) is 124 cm³/mol. The second kappa shape index (κ2) is 8.02. The van der Waals surface area contributed by atoms with Gasteiger partial charge in [-0.05, 0) is 42.0 Å². The molecule has 0 saturated carbocycles. The molecule has 2 aliphatic heterocycles. The Morgan fingerprint density at radius 3 is 1.62 bits per heavy atom. The molecule has 5 rings (SSSR count). The molecule has 2 aliphatic rings. The summed E-state index contributed by atoms with van der Waals surface area (Å²) in [7, 11) is 3.10. The third kappa shape index (κ3) is 3.15. The zero-order valence-corrected chi connectivity index (χ0v) is 18.6. The number of amides is 2. The maximum atomic E-state index is 14.3. The lowest BCUT2D eigenvalue weighted by Crippen LogP contribution is -2.52. The number of carbonyl (C=O) groups excluding carboxylic acids is 4. The first-order chi connectivity index (χ1) is 16.3. The predicted octanol–water partition coefficient (Wildman–Crippen LogP) is 3.86. The first-order valence-electron chi connectivity index (χ1n) is 10.9. The SMILES string of the molecule is CN1C(=O)C(C(c2cccc(F)c2)C2C(=O)c3ccccc3N(C)C2=O)C(=O)c2ccccc21. The molecule has 170 valence electrons. The maximum Gasteiger partial charge on any atom is 0.238 e. The van der Waals surface area contributed by atoms with Gasteiger partial charge >= 0.3 is 0 Å². The average molecular weight is 456 g/mol. The Bertz CT molecular complexity index is 1290. The highest BCUT2D eigenvalue weighted by molar-refractivity contribution is 6.25. The summed E-state index contributed by atoms with van der Waals surface area (Å²) in [4.78, 5) is 57.2. The van der Waals surface area contributed by atoms with Crippen LogP contribution in [-0.2, 0) is 9.59 Å². The zero-order valence-electron chi connectivity index (χ0n) is 18.6. The monoisotopic (exact) mass is 456 g/mol. The average Bonchev–Trinajstić information content (AvgIpc) is 2.85. The quantitative estimate of drug-likeness (QED) is 0.561. The lowest BCUT2D eigenvalue weighted by molar-refractivity contribution is -0.124. The second-order valence-electron chi connectivity index (χ2n) is 8.59. The smallest absolute Gasteiger partial charge is 0.238 e. The largest absolute Gasteiger partial charge is 0.314 e. The van der Waals surface area contributed by atoms with E-state index in [9.17, 15) is 23.6 Å². The van der Waals surface area contributed by atoms with Crippen LogP contribution in [-0.4, -0.2) is 37.5 Å². The molecule has 0 saturated heterocycles. The molecule has 0 aromatic heterocycles. The molecule has 0 fully saturated rings. The van der Waals surface area contributed by atoms with Crippen molar-refractivity contribution in [3.05, 3.63) is 95.3 Å². The van der Waals surface area contributed by atoms with Gasteiger partial charge in [-0.3, -0.25) is 19.2 Å². The molecular formula is C27H21FN2O4. The summed E-state index contributed by atoms with van der Waals surface area (Å²) in [6.45, 7) is 0. The van der Waals surface area contributed by atoms with Gasteiger partial charge in [0.2, 0.25) is 11.8 Å². The third-order valence-corrected chi connectivity index (χ3v) is 6.77. The number of para-hydroxylation sites is 2. The van der Waals surface area contributed by atoms with Gasteiger partial charge < -0.3 is 9.80 Å². The van der Waals surface area contributed by atoms with Gasteiger partial charge in [0.1, 0.15) is 17.7 Å². The van der Waals surface area contributed by atoms with Crippen LogP contribution in [0.3, 0.4) is 0 Å². The molecule has 3 aromatic rings. The molecule has 2 atom stereocenters. The first-order valence-corrected chi connectivity index (χ1v) is 10.9. The van der Waals surface area contributed by atoms with Gasteiger partial charge in [0, 0.05) is 31.1 Å². The highest BCUT2D eigenvalue weighted by Crippen LogP contribution is 2.45. The Balaban J connectivity index is 1.72. The molecule has 0 radical (unpaired) electrons. The number of rotatable bonds is 3. The van der Waals surface area contributed by atoms with Crippen LogP contribution in [0.2, 0.25) is 0 Å². The normalized spacial score (nSPS) is 20.8. The van der Waals surface area contributed by atoms with E-state index in [4.69, 9.17) is 0 Å². The Morgan fingerprint density at radius 1 is 0.676 bits per heavy atom. The Labute approximate surface area is 195 Å². The molecule has 2 heterocycles. The Morgan fingerprint density at radius 2 is 1.15 bits per heavy atom. The van der Waals surface area contributed by atoms with Gasteiger partial charge in [-0.25, -0.2) is 4.39 Å². The molecule has 34 heavy (non-hydrogen) atoms. The number of fused-ring (bicyclic) bond motifs is 2. The number of ketones is 2. The van der Waals surface area contributed by atoms with Crippen LogP contribution in [0.25, 0.3) is 0 Å². The number of halogens is 1. The maximum absolute atomic E-state index is 14.3. The van der Waals surface area contributed by atoms with Gasteiger partial charge in [0.05, 0.1) is 11.4 Å². The number of Topliss-reactive ketones (excluding diaryl/α,β-unsaturated/α-hetero) is 2. The summed E-state index contributed by atoms with van der Waals surface area (Å²) in [5.41, 5.74) is 1.80. The molecule has 0 N–H and O–H groups in total. The summed E-state index contributed by atoms with van der Waals surface area (Å²) in [6, 6.07) is 18.8. The Kier molecular flexibility index (Phi) is 5.12. The van der Waals surface area contributed by atoms with Crippen molar-refractivity contribution in [2.24, 2.45) is 11.8 Å². The van der Waals surface area contributed by atoms with E-state index in [-0.39, 0.29) is 5.56 Å². The Hall–Kier alpha value is -4.13. The summed E-state index contributed by atoms with van der Waals surface area (Å²) < 4.78 is 14.3. The van der Waals surface area contributed by atoms with E-state index >= 15 is 0 Å². The minimum absolute atomic E-state index is 0.249. The van der Waals surface area contributed by atoms with Crippen molar-refractivity contribution in [3.8, 4) is 0 Å². The van der Waals surface area contributed by atoms with E-state index in [1.165, 1.54) is 28.0 Å². The highest BCUT2D eigenvalue weighted by atomic mass is 19.1. The molecule has 2 unspecified atom stereocenters. The summed E-state index contributed by atoms with van der Waals surface area (Å²) in [5.74, 6) is -6.56. The molecule has 3 aromatic carbocycles. The fraction of sp³-hybridized carbons (Fsp3) is 0.185. The van der Waals surface area contributed by atoms with Crippen LogP contribution < -0.4 is 9.80 Å². The van der Waals surface area contributed by atoms with Crippen LogP contribution in [0.4, 0.5) is 15.8 Å². The first kappa shape index (κ1) is 21.7. The fourth-order valence-corrected chi connectivity index (χ4v) is 5.09. The topological polar surface area (TPSA) is 74.8 Å². The number of anilines is 2. The standard InChI is InChI=1S/C27H21FN2O4/c1-29-19-12-5-3-10-17(19)24(31)22(26(29)33)21(15-8-7-9-16(28)14-15)23-25(32)18-11-4-6-13-20(18)30(2)27(23)34/h3-14,21-23H,1-2H3. The number of benzene rings is 3. The molecule has 7 heteroatoms. The van der Waals surface area contributed by atoms with Crippen LogP contribution in [0.5, 0.6) is 0 Å². The van der Waals surface area contributed by atoms with Crippen LogP contribution >= 0.6 is 0 Å². The van der Waals surface area contributed by atoms with E-state index in [0.717, 1.165) is 0 Å². The van der Waals surface area contributed by atoms with Crippen molar-refractivity contribution in [2.75, 3.05) is 23.9 Å². The van der Waals surface area contributed by atoms with E-state index in [2.05, 4.69) is 0 Å². The number of hydrogen-bond acceptors (Lipinski definition) is 4. The molecule has 6 nitrogen and oxygen atoms in total. The second-order valence-corrected chi connectivity index (χ2v) is 8.59. The third-order valence-electron chi connectivity index (χ3n) is 6.77. The van der Waals surface area contributed by atoms with Gasteiger partial charge in [0.15, 0.2) is 11.6 Å². The minimum Gasteiger partial charge on any atom is -0.314 e. The van der Waals surface area contributed by atoms with Crippen LogP contribution in [0.15, 0.2) is 72.8 Å². The van der Waals surface area contributed by atoms with Crippen LogP contribution in [0, 0.1) is 17.7 Å². The number of nitrogens with zero attached hydrogens (tertiary/aromatic N) is 2. The van der Waals surface area contributed by atoms with Gasteiger partial charge in [-0.1, -0.05) is 36.4 Å². The molecule has 0 aliphatic carbocycles. The van der Waals surface area contributed by atoms with E-state index in [0.29, 0.717) is 22.5 Å².